The molecule has 0 amide bonds. The number of nitrogen functional groups attached to an aromatic ring is 1. The van der Waals surface area contributed by atoms with Gasteiger partial charge in [-0.2, -0.15) is 9.97 Å². The Morgan fingerprint density at radius 1 is 1.27 bits per heavy atom. The van der Waals surface area contributed by atoms with Crippen molar-refractivity contribution in [2.24, 2.45) is 5.18 Å². The Hall–Kier alpha value is -1.92. The number of rotatable bonds is 1. The number of nitrogens with two attached hydrogens (primary N) is 1. The average Bonchev–Trinajstić information content (AvgIpc) is 1.85. The number of aromatic hydroxyl groups is 2. The van der Waals surface area contributed by atoms with E-state index in [0.29, 0.717) is 0 Å². The van der Waals surface area contributed by atoms with Crippen molar-refractivity contribution in [1.82, 2.24) is 9.97 Å². The first-order valence-corrected chi connectivity index (χ1v) is 2.54. The van der Waals surface area contributed by atoms with Crippen LogP contribution >= 0.6 is 0 Å². The second-order valence-corrected chi connectivity index (χ2v) is 1.67. The van der Waals surface area contributed by atoms with Crippen molar-refractivity contribution in [2.45, 2.75) is 0 Å². The van der Waals surface area contributed by atoms with Gasteiger partial charge in [0.1, 0.15) is 0 Å². The molecule has 0 aliphatic carbocycles. The van der Waals surface area contributed by atoms with Crippen LogP contribution < -0.4 is 5.73 Å². The van der Waals surface area contributed by atoms with Gasteiger partial charge in [-0.05, 0) is 5.18 Å². The normalized spacial score (nSPS) is 9.45. The fourth-order valence-corrected chi connectivity index (χ4v) is 0.530. The summed E-state index contributed by atoms with van der Waals surface area (Å²) in [6, 6.07) is 0. The molecule has 0 aromatic carbocycles. The van der Waals surface area contributed by atoms with Crippen LogP contribution in [-0.2, 0) is 0 Å². The first-order valence-electron chi connectivity index (χ1n) is 2.54. The molecule has 0 aliphatic rings. The molecule has 1 aromatic heterocycles. The van der Waals surface area contributed by atoms with Gasteiger partial charge in [0, 0.05) is 0 Å². The van der Waals surface area contributed by atoms with Crippen LogP contribution in [0.4, 0.5) is 11.6 Å². The lowest BCUT2D eigenvalue weighted by Crippen LogP contribution is -1.93. The second-order valence-electron chi connectivity index (χ2n) is 1.67. The van der Waals surface area contributed by atoms with Gasteiger partial charge in [0.05, 0.1) is 0 Å². The fraction of sp³-hybridized carbons (Fsp3) is 0. The summed E-state index contributed by atoms with van der Waals surface area (Å²) in [5.74, 6) is -1.79. The van der Waals surface area contributed by atoms with Crippen molar-refractivity contribution >= 4 is 11.6 Å². The molecule has 58 valence electrons. The third-order valence-electron chi connectivity index (χ3n) is 0.956. The molecule has 11 heavy (non-hydrogen) atoms. The summed E-state index contributed by atoms with van der Waals surface area (Å²) in [7, 11) is 0. The molecule has 0 saturated carbocycles. The topological polar surface area (TPSA) is 122 Å². The van der Waals surface area contributed by atoms with Crippen LogP contribution in [0.2, 0.25) is 0 Å². The van der Waals surface area contributed by atoms with Gasteiger partial charge >= 0.3 is 0 Å². The molecule has 0 spiro atoms. The van der Waals surface area contributed by atoms with Crippen LogP contribution in [0.3, 0.4) is 0 Å². The zero-order chi connectivity index (χ0) is 8.43. The number of hydrogen-bond acceptors (Lipinski definition) is 7. The molecular weight excluding hydrogens is 152 g/mol. The van der Waals surface area contributed by atoms with Crippen LogP contribution in [0.15, 0.2) is 5.18 Å². The van der Waals surface area contributed by atoms with Gasteiger partial charge in [-0.25, -0.2) is 0 Å². The zero-order valence-corrected chi connectivity index (χ0v) is 5.22. The summed E-state index contributed by atoms with van der Waals surface area (Å²) in [6.45, 7) is 0. The number of aromatic nitrogens is 2. The summed E-state index contributed by atoms with van der Waals surface area (Å²) in [5.41, 5.74) is 4.39. The van der Waals surface area contributed by atoms with Crippen LogP contribution in [0, 0.1) is 4.91 Å². The highest BCUT2D eigenvalue weighted by Gasteiger charge is 2.11. The summed E-state index contributed by atoms with van der Waals surface area (Å²) in [6.07, 6.45) is 0. The van der Waals surface area contributed by atoms with Gasteiger partial charge in [0.2, 0.25) is 23.4 Å². The first-order chi connectivity index (χ1) is 5.15. The third kappa shape index (κ3) is 1.16. The fourth-order valence-electron chi connectivity index (χ4n) is 0.530. The number of nitrogens with zero attached hydrogens (tertiary/aromatic N) is 3. The van der Waals surface area contributed by atoms with Crippen LogP contribution in [0.1, 0.15) is 0 Å². The second kappa shape index (κ2) is 2.37. The lowest BCUT2D eigenvalue weighted by atomic mass is 10.5. The molecule has 7 nitrogen and oxygen atoms in total. The minimum Gasteiger partial charge on any atom is -0.491 e. The minimum absolute atomic E-state index is 0.326. The van der Waals surface area contributed by atoms with Gasteiger partial charge in [0.15, 0.2) is 0 Å². The van der Waals surface area contributed by atoms with E-state index >= 15 is 0 Å². The lowest BCUT2D eigenvalue weighted by molar-refractivity contribution is 0.426. The molecule has 0 atom stereocenters. The number of nitroso groups, excluding NO2 is 1. The molecule has 1 heterocycles. The Morgan fingerprint density at radius 3 is 2.09 bits per heavy atom. The molecule has 0 bridgehead atoms. The van der Waals surface area contributed by atoms with Gasteiger partial charge in [-0.1, -0.05) is 0 Å². The van der Waals surface area contributed by atoms with Crippen molar-refractivity contribution in [1.29, 1.82) is 0 Å². The Labute approximate surface area is 60.5 Å². The van der Waals surface area contributed by atoms with Crippen LogP contribution in [0.5, 0.6) is 11.8 Å². The maximum absolute atomic E-state index is 9.87. The summed E-state index contributed by atoms with van der Waals surface area (Å²) in [5, 5.41) is 19.9. The van der Waals surface area contributed by atoms with Gasteiger partial charge in [-0.15, -0.1) is 4.91 Å². The molecular formula is C4H4N4O3. The molecule has 0 saturated heterocycles. The number of hydrogen-bond donors (Lipinski definition) is 3. The maximum Gasteiger partial charge on any atom is 0.250 e. The van der Waals surface area contributed by atoms with E-state index in [-0.39, 0.29) is 5.95 Å². The standard InChI is InChI=1S/C4H4N4O3/c5-4-6-2(9)1(8-11)3(10)7-4/h(H4,5,6,7,9,10). The Kier molecular flexibility index (Phi) is 1.55. The molecule has 0 aliphatic heterocycles. The van der Waals surface area contributed by atoms with Gasteiger partial charge in [0.25, 0.3) is 0 Å². The first kappa shape index (κ1) is 7.19. The van der Waals surface area contributed by atoms with Crippen molar-refractivity contribution in [3.05, 3.63) is 4.91 Å². The van der Waals surface area contributed by atoms with E-state index in [9.17, 15) is 4.91 Å². The molecule has 0 radical (unpaired) electrons. The predicted molar refractivity (Wildman–Crippen MR) is 35.2 cm³/mol. The van der Waals surface area contributed by atoms with Crippen molar-refractivity contribution in [3.63, 3.8) is 0 Å². The van der Waals surface area contributed by atoms with Crippen LogP contribution in [-0.4, -0.2) is 20.2 Å². The average molecular weight is 156 g/mol. The summed E-state index contributed by atoms with van der Waals surface area (Å²) in [4.78, 5) is 16.2. The summed E-state index contributed by atoms with van der Waals surface area (Å²) >= 11 is 0. The molecule has 1 aromatic rings. The predicted octanol–water partition coefficient (Wildman–Crippen LogP) is -0.132. The Morgan fingerprint density at radius 2 is 1.73 bits per heavy atom. The van der Waals surface area contributed by atoms with E-state index in [2.05, 4.69) is 15.1 Å². The SMILES string of the molecule is Nc1nc(O)c(N=O)c(O)n1. The highest BCUT2D eigenvalue weighted by Crippen LogP contribution is 2.32. The monoisotopic (exact) mass is 156 g/mol. The smallest absolute Gasteiger partial charge is 0.250 e. The molecule has 1 rings (SSSR count). The van der Waals surface area contributed by atoms with Crippen molar-refractivity contribution in [3.8, 4) is 11.8 Å². The van der Waals surface area contributed by atoms with E-state index < -0.39 is 17.4 Å². The highest BCUT2D eigenvalue weighted by atomic mass is 16.3. The third-order valence-corrected chi connectivity index (χ3v) is 0.956. The largest absolute Gasteiger partial charge is 0.491 e. The van der Waals surface area contributed by atoms with E-state index in [1.54, 1.807) is 0 Å². The molecule has 7 heteroatoms. The Bertz CT molecular complexity index is 276. The van der Waals surface area contributed by atoms with Crippen molar-refractivity contribution < 1.29 is 10.2 Å². The van der Waals surface area contributed by atoms with E-state index in [0.717, 1.165) is 0 Å². The maximum atomic E-state index is 9.87. The van der Waals surface area contributed by atoms with Crippen LogP contribution in [0.25, 0.3) is 0 Å². The molecule has 0 fully saturated rings. The lowest BCUT2D eigenvalue weighted by Gasteiger charge is -1.97. The minimum atomic E-state index is -0.731. The van der Waals surface area contributed by atoms with Crippen molar-refractivity contribution in [2.75, 3.05) is 5.73 Å². The van der Waals surface area contributed by atoms with E-state index in [1.807, 2.05) is 0 Å². The zero-order valence-electron chi connectivity index (χ0n) is 5.22. The van der Waals surface area contributed by atoms with E-state index in [4.69, 9.17) is 15.9 Å². The molecule has 4 N–H and O–H groups in total. The van der Waals surface area contributed by atoms with E-state index in [1.165, 1.54) is 0 Å². The Balaban J connectivity index is 3.36. The highest BCUT2D eigenvalue weighted by molar-refractivity contribution is 5.55. The van der Waals surface area contributed by atoms with Gasteiger partial charge in [-0.3, -0.25) is 0 Å². The van der Waals surface area contributed by atoms with Gasteiger partial charge < -0.3 is 15.9 Å². The summed E-state index contributed by atoms with van der Waals surface area (Å²) < 4.78 is 0. The quantitative estimate of drug-likeness (QED) is 0.486. The molecule has 0 unspecified atom stereocenters. The number of anilines is 1.